The fourth-order valence-electron chi connectivity index (χ4n) is 3.20. The van der Waals surface area contributed by atoms with Crippen molar-refractivity contribution >= 4 is 0 Å². The van der Waals surface area contributed by atoms with Crippen molar-refractivity contribution in [3.63, 3.8) is 0 Å². The van der Waals surface area contributed by atoms with E-state index >= 15 is 0 Å². The van der Waals surface area contributed by atoms with Crippen LogP contribution in [0.25, 0.3) is 11.3 Å². The third-order valence-electron chi connectivity index (χ3n) is 4.20. The molecule has 0 N–H and O–H groups in total. The highest BCUT2D eigenvalue weighted by atomic mass is 15.3. The van der Waals surface area contributed by atoms with Crippen molar-refractivity contribution in [2.24, 2.45) is 0 Å². The quantitative estimate of drug-likeness (QED) is 0.770. The lowest BCUT2D eigenvalue weighted by molar-refractivity contribution is 0.472. The molecule has 3 rings (SSSR count). The van der Waals surface area contributed by atoms with E-state index in [1.807, 2.05) is 6.20 Å². The Kier molecular flexibility index (Phi) is 3.41. The summed E-state index contributed by atoms with van der Waals surface area (Å²) in [5.74, 6) is 0.545. The molecule has 2 heteroatoms. The fourth-order valence-corrected chi connectivity index (χ4v) is 3.20. The molecular weight excluding hydrogens is 232 g/mol. The number of hydrogen-bond donors (Lipinski definition) is 0. The number of benzene rings is 1. The van der Waals surface area contributed by atoms with Gasteiger partial charge in [0.1, 0.15) is 0 Å². The molecule has 1 aromatic heterocycles. The monoisotopic (exact) mass is 254 g/mol. The lowest BCUT2D eigenvalue weighted by Crippen LogP contribution is -2.09. The van der Waals surface area contributed by atoms with Crippen LogP contribution in [-0.2, 0) is 0 Å². The predicted molar refractivity (Wildman–Crippen MR) is 79.3 cm³/mol. The van der Waals surface area contributed by atoms with Gasteiger partial charge in [0.25, 0.3) is 0 Å². The summed E-state index contributed by atoms with van der Waals surface area (Å²) >= 11 is 0. The van der Waals surface area contributed by atoms with Crippen LogP contribution < -0.4 is 0 Å². The molecule has 1 heterocycles. The summed E-state index contributed by atoms with van der Waals surface area (Å²) in [7, 11) is 0. The van der Waals surface area contributed by atoms with Crippen LogP contribution in [0.15, 0.2) is 36.5 Å². The van der Waals surface area contributed by atoms with Crippen LogP contribution in [0.1, 0.15) is 57.1 Å². The van der Waals surface area contributed by atoms with E-state index in [0.717, 1.165) is 0 Å². The van der Waals surface area contributed by atoms with Crippen LogP contribution in [0, 0.1) is 0 Å². The van der Waals surface area contributed by atoms with E-state index in [0.29, 0.717) is 12.0 Å². The Morgan fingerprint density at radius 3 is 2.58 bits per heavy atom. The van der Waals surface area contributed by atoms with Gasteiger partial charge in [-0.2, -0.15) is 5.10 Å². The maximum atomic E-state index is 4.59. The molecule has 1 fully saturated rings. The average Bonchev–Trinajstić information content (AvgIpc) is 3.09. The molecule has 0 unspecified atom stereocenters. The van der Waals surface area contributed by atoms with Gasteiger partial charge in [0, 0.05) is 11.8 Å². The molecule has 0 atom stereocenters. The third-order valence-corrected chi connectivity index (χ3v) is 4.20. The highest BCUT2D eigenvalue weighted by Gasteiger charge is 2.21. The van der Waals surface area contributed by atoms with E-state index in [1.54, 1.807) is 0 Å². The molecule has 0 radical (unpaired) electrons. The molecule has 1 saturated carbocycles. The van der Waals surface area contributed by atoms with Crippen LogP contribution in [0.5, 0.6) is 0 Å². The van der Waals surface area contributed by atoms with Gasteiger partial charge in [-0.1, -0.05) is 51.0 Å². The van der Waals surface area contributed by atoms with E-state index in [9.17, 15) is 0 Å². The Morgan fingerprint density at radius 1 is 1.11 bits per heavy atom. The maximum Gasteiger partial charge on any atom is 0.0688 e. The first kappa shape index (κ1) is 12.5. The molecule has 0 bridgehead atoms. The van der Waals surface area contributed by atoms with Crippen LogP contribution in [0.2, 0.25) is 0 Å². The molecule has 2 aromatic rings. The van der Waals surface area contributed by atoms with Crippen LogP contribution >= 0.6 is 0 Å². The molecule has 1 aliphatic carbocycles. The molecule has 1 aliphatic rings. The second-order valence-electron chi connectivity index (χ2n) is 5.84. The number of aromatic nitrogens is 2. The van der Waals surface area contributed by atoms with Crippen molar-refractivity contribution < 1.29 is 0 Å². The smallest absolute Gasteiger partial charge is 0.0688 e. The number of rotatable bonds is 3. The van der Waals surface area contributed by atoms with Crippen molar-refractivity contribution in [1.82, 2.24) is 9.78 Å². The number of hydrogen-bond acceptors (Lipinski definition) is 1. The zero-order valence-electron chi connectivity index (χ0n) is 11.8. The lowest BCUT2D eigenvalue weighted by atomic mass is 9.95. The van der Waals surface area contributed by atoms with Gasteiger partial charge in [-0.3, -0.25) is 4.68 Å². The van der Waals surface area contributed by atoms with Gasteiger partial charge in [-0.05, 0) is 30.4 Å². The number of nitrogens with zero attached hydrogens (tertiary/aromatic N) is 2. The summed E-state index contributed by atoms with van der Waals surface area (Å²) in [5, 5.41) is 4.59. The van der Waals surface area contributed by atoms with E-state index < -0.39 is 0 Å². The summed E-state index contributed by atoms with van der Waals surface area (Å²) in [4.78, 5) is 0. The molecule has 0 amide bonds. The first-order chi connectivity index (χ1) is 9.27. The Hall–Kier alpha value is -1.57. The zero-order chi connectivity index (χ0) is 13.2. The van der Waals surface area contributed by atoms with Crippen LogP contribution in [0.3, 0.4) is 0 Å². The summed E-state index contributed by atoms with van der Waals surface area (Å²) < 4.78 is 2.26. The molecule has 1 aromatic carbocycles. The van der Waals surface area contributed by atoms with Crippen molar-refractivity contribution in [2.75, 3.05) is 0 Å². The van der Waals surface area contributed by atoms with Gasteiger partial charge >= 0.3 is 0 Å². The van der Waals surface area contributed by atoms with Gasteiger partial charge in [-0.15, -0.1) is 0 Å². The lowest BCUT2D eigenvalue weighted by Gasteiger charge is -2.17. The normalized spacial score (nSPS) is 16.4. The van der Waals surface area contributed by atoms with Crippen LogP contribution in [0.4, 0.5) is 0 Å². The minimum atomic E-state index is 0.545. The molecule has 0 saturated heterocycles. The highest BCUT2D eigenvalue weighted by Crippen LogP contribution is 2.35. The van der Waals surface area contributed by atoms with E-state index in [1.165, 1.54) is 42.5 Å². The second kappa shape index (κ2) is 5.20. The third kappa shape index (κ3) is 2.32. The Balaban J connectivity index is 2.05. The zero-order valence-corrected chi connectivity index (χ0v) is 11.8. The van der Waals surface area contributed by atoms with E-state index in [2.05, 4.69) is 54.0 Å². The fraction of sp³-hybridized carbons (Fsp3) is 0.471. The summed E-state index contributed by atoms with van der Waals surface area (Å²) in [6.07, 6.45) is 7.19. The molecule has 19 heavy (non-hydrogen) atoms. The molecular formula is C17H22N2. The molecule has 2 nitrogen and oxygen atoms in total. The van der Waals surface area contributed by atoms with Gasteiger partial charge in [0.2, 0.25) is 0 Å². The summed E-state index contributed by atoms with van der Waals surface area (Å²) in [5.41, 5.74) is 4.06. The molecule has 0 spiro atoms. The van der Waals surface area contributed by atoms with Crippen molar-refractivity contribution in [3.05, 3.63) is 42.1 Å². The average molecular weight is 254 g/mol. The van der Waals surface area contributed by atoms with E-state index in [4.69, 9.17) is 0 Å². The largest absolute Gasteiger partial charge is 0.262 e. The SMILES string of the molecule is CC(C)c1ccccc1-c1ccnn1C1CCCC1. The maximum absolute atomic E-state index is 4.59. The first-order valence-electron chi connectivity index (χ1n) is 7.40. The topological polar surface area (TPSA) is 17.8 Å². The van der Waals surface area contributed by atoms with Gasteiger partial charge in [-0.25, -0.2) is 0 Å². The van der Waals surface area contributed by atoms with E-state index in [-0.39, 0.29) is 0 Å². The summed E-state index contributed by atoms with van der Waals surface area (Å²) in [6, 6.07) is 11.5. The van der Waals surface area contributed by atoms with Crippen molar-refractivity contribution in [1.29, 1.82) is 0 Å². The summed E-state index contributed by atoms with van der Waals surface area (Å²) in [6.45, 7) is 4.52. The second-order valence-corrected chi connectivity index (χ2v) is 5.84. The standard InChI is InChI=1S/C17H22N2/c1-13(2)15-9-5-6-10-16(15)17-11-12-18-19(17)14-7-3-4-8-14/h5-6,9-14H,3-4,7-8H2,1-2H3. The minimum absolute atomic E-state index is 0.545. The Bertz CT molecular complexity index is 548. The predicted octanol–water partition coefficient (Wildman–Crippen LogP) is 4.79. The Morgan fingerprint density at radius 2 is 1.84 bits per heavy atom. The van der Waals surface area contributed by atoms with Crippen molar-refractivity contribution in [2.45, 2.75) is 51.5 Å². The molecule has 100 valence electrons. The van der Waals surface area contributed by atoms with Gasteiger partial charge in [0.15, 0.2) is 0 Å². The van der Waals surface area contributed by atoms with Gasteiger partial charge in [0.05, 0.1) is 11.7 Å². The minimum Gasteiger partial charge on any atom is -0.262 e. The van der Waals surface area contributed by atoms with Crippen LogP contribution in [-0.4, -0.2) is 9.78 Å². The highest BCUT2D eigenvalue weighted by molar-refractivity contribution is 5.64. The van der Waals surface area contributed by atoms with Crippen molar-refractivity contribution in [3.8, 4) is 11.3 Å². The van der Waals surface area contributed by atoms with Gasteiger partial charge < -0.3 is 0 Å². The first-order valence-corrected chi connectivity index (χ1v) is 7.40. The molecule has 0 aliphatic heterocycles. The Labute approximate surface area is 115 Å².